The highest BCUT2D eigenvalue weighted by atomic mass is 16.2. The fourth-order valence-electron chi connectivity index (χ4n) is 4.90. The van der Waals surface area contributed by atoms with E-state index in [0.29, 0.717) is 30.7 Å². The van der Waals surface area contributed by atoms with Gasteiger partial charge >= 0.3 is 11.8 Å². The second-order valence-electron chi connectivity index (χ2n) is 7.94. The number of nitrogens with one attached hydrogen (secondary N) is 2. The summed E-state index contributed by atoms with van der Waals surface area (Å²) in [5.41, 5.74) is 1.11. The maximum Gasteiger partial charge on any atom is 0.315 e. The molecule has 4 atom stereocenters. The zero-order chi connectivity index (χ0) is 16.7. The number of aromatic nitrogens is 2. The van der Waals surface area contributed by atoms with Gasteiger partial charge in [-0.05, 0) is 49.9 Å². The number of H-pyrrole nitrogens is 1. The van der Waals surface area contributed by atoms with Gasteiger partial charge in [0.05, 0.1) is 0 Å². The number of carbonyl (C=O) groups is 2. The van der Waals surface area contributed by atoms with Gasteiger partial charge in [0.15, 0.2) is 5.82 Å². The van der Waals surface area contributed by atoms with Crippen molar-refractivity contribution in [1.82, 2.24) is 15.1 Å². The van der Waals surface area contributed by atoms with E-state index in [0.717, 1.165) is 30.4 Å². The van der Waals surface area contributed by atoms with Crippen LogP contribution < -0.4 is 5.32 Å². The van der Waals surface area contributed by atoms with Crippen LogP contribution in [-0.2, 0) is 9.59 Å². The minimum atomic E-state index is -0.574. The molecule has 0 aromatic carbocycles. The van der Waals surface area contributed by atoms with Crippen LogP contribution in [0.25, 0.3) is 0 Å². The van der Waals surface area contributed by atoms with Crippen molar-refractivity contribution in [3.63, 3.8) is 0 Å². The van der Waals surface area contributed by atoms with Gasteiger partial charge in [0.1, 0.15) is 0 Å². The number of fused-ring (bicyclic) bond motifs is 2. The van der Waals surface area contributed by atoms with E-state index < -0.39 is 11.8 Å². The predicted molar refractivity (Wildman–Crippen MR) is 90.4 cm³/mol. The van der Waals surface area contributed by atoms with Crippen LogP contribution in [-0.4, -0.2) is 40.0 Å². The second-order valence-corrected chi connectivity index (χ2v) is 7.94. The van der Waals surface area contributed by atoms with Crippen LogP contribution in [0, 0.1) is 17.8 Å². The topological polar surface area (TPSA) is 78.1 Å². The molecule has 4 unspecified atom stereocenters. The van der Waals surface area contributed by atoms with Crippen LogP contribution in [0.4, 0.5) is 5.82 Å². The summed E-state index contributed by atoms with van der Waals surface area (Å²) in [6.07, 6.45) is 7.32. The van der Waals surface area contributed by atoms with Gasteiger partial charge in [-0.15, -0.1) is 0 Å². The first-order chi connectivity index (χ1) is 11.6. The van der Waals surface area contributed by atoms with Gasteiger partial charge in [0, 0.05) is 30.8 Å². The van der Waals surface area contributed by atoms with Gasteiger partial charge in [-0.3, -0.25) is 14.7 Å². The molecule has 2 aliphatic carbocycles. The number of anilines is 1. The van der Waals surface area contributed by atoms with E-state index in [1.807, 2.05) is 6.07 Å². The largest absolute Gasteiger partial charge is 0.334 e. The summed E-state index contributed by atoms with van der Waals surface area (Å²) in [7, 11) is 0. The predicted octanol–water partition coefficient (Wildman–Crippen LogP) is 2.51. The highest BCUT2D eigenvalue weighted by molar-refractivity contribution is 6.39. The van der Waals surface area contributed by atoms with Crippen molar-refractivity contribution in [2.75, 3.05) is 18.4 Å². The van der Waals surface area contributed by atoms with Crippen LogP contribution in [0.3, 0.4) is 0 Å². The minimum absolute atomic E-state index is 0.439. The number of rotatable bonds is 2. The van der Waals surface area contributed by atoms with Crippen molar-refractivity contribution in [1.29, 1.82) is 0 Å². The zero-order valence-electron chi connectivity index (χ0n) is 14.3. The fourth-order valence-corrected chi connectivity index (χ4v) is 4.90. The van der Waals surface area contributed by atoms with Gasteiger partial charge in [-0.25, -0.2) is 0 Å². The summed E-state index contributed by atoms with van der Waals surface area (Å²) in [5, 5.41) is 9.94. The Labute approximate surface area is 142 Å². The fraction of sp³-hybridized carbons (Fsp3) is 0.722. The summed E-state index contributed by atoms with van der Waals surface area (Å²) >= 11 is 0. The zero-order valence-corrected chi connectivity index (χ0v) is 14.3. The summed E-state index contributed by atoms with van der Waals surface area (Å²) in [4.78, 5) is 26.2. The molecule has 3 fully saturated rings. The quantitative estimate of drug-likeness (QED) is 0.818. The number of likely N-dealkylation sites (tertiary alicyclic amines) is 1. The number of aromatic amines is 1. The first kappa shape index (κ1) is 15.7. The summed E-state index contributed by atoms with van der Waals surface area (Å²) in [5.74, 6) is 2.09. The summed E-state index contributed by atoms with van der Waals surface area (Å²) in [6, 6.07) is 1.91. The number of hydrogen-bond acceptors (Lipinski definition) is 3. The van der Waals surface area contributed by atoms with Crippen molar-refractivity contribution < 1.29 is 9.59 Å². The monoisotopic (exact) mass is 330 g/mol. The molecule has 24 heavy (non-hydrogen) atoms. The minimum Gasteiger partial charge on any atom is -0.334 e. The maximum atomic E-state index is 12.3. The number of carbonyl (C=O) groups excluding carboxylic acids is 2. The highest BCUT2D eigenvalue weighted by Gasteiger charge is 2.41. The van der Waals surface area contributed by atoms with E-state index in [-0.39, 0.29) is 0 Å². The maximum absolute atomic E-state index is 12.3. The van der Waals surface area contributed by atoms with Crippen LogP contribution in [0.5, 0.6) is 0 Å². The van der Waals surface area contributed by atoms with Crippen LogP contribution in [0.1, 0.15) is 57.1 Å². The Balaban J connectivity index is 1.37. The van der Waals surface area contributed by atoms with E-state index in [1.165, 1.54) is 25.7 Å². The SMILES string of the molecule is CC1CCCN(C(=O)C(=O)Nc2cc(C3CC4CCC3C4)[nH]n2)C1. The number of hydrogen-bond donors (Lipinski definition) is 2. The molecule has 0 radical (unpaired) electrons. The lowest BCUT2D eigenvalue weighted by molar-refractivity contribution is -0.144. The molecule has 3 aliphatic rings. The average molecular weight is 330 g/mol. The third kappa shape index (κ3) is 2.94. The molecule has 2 amide bonds. The molecule has 1 saturated heterocycles. The molecule has 2 saturated carbocycles. The molecule has 6 nitrogen and oxygen atoms in total. The Kier molecular flexibility index (Phi) is 4.06. The third-order valence-corrected chi connectivity index (χ3v) is 6.12. The first-order valence-electron chi connectivity index (χ1n) is 9.25. The number of piperidine rings is 1. The lowest BCUT2D eigenvalue weighted by Gasteiger charge is -2.30. The van der Waals surface area contributed by atoms with Gasteiger partial charge in [-0.2, -0.15) is 5.10 Å². The second kappa shape index (κ2) is 6.22. The van der Waals surface area contributed by atoms with E-state index in [1.54, 1.807) is 4.90 Å². The molecule has 0 spiro atoms. The Hall–Kier alpha value is -1.85. The molecule has 2 heterocycles. The number of nitrogens with zero attached hydrogens (tertiary/aromatic N) is 2. The van der Waals surface area contributed by atoms with Crippen molar-refractivity contribution in [3.8, 4) is 0 Å². The molecule has 1 aliphatic heterocycles. The molecule has 1 aromatic heterocycles. The van der Waals surface area contributed by atoms with Gasteiger partial charge in [0.25, 0.3) is 0 Å². The van der Waals surface area contributed by atoms with Gasteiger partial charge in [0.2, 0.25) is 0 Å². The van der Waals surface area contributed by atoms with Crippen LogP contribution in [0.2, 0.25) is 0 Å². The van der Waals surface area contributed by atoms with Gasteiger partial charge < -0.3 is 10.2 Å². The Morgan fingerprint density at radius 1 is 1.29 bits per heavy atom. The van der Waals surface area contributed by atoms with Gasteiger partial charge in [-0.1, -0.05) is 13.3 Å². The van der Waals surface area contributed by atoms with E-state index in [2.05, 4.69) is 22.4 Å². The average Bonchev–Trinajstić information content (AvgIpc) is 3.30. The third-order valence-electron chi connectivity index (χ3n) is 6.12. The lowest BCUT2D eigenvalue weighted by Crippen LogP contribution is -2.44. The molecule has 2 N–H and O–H groups in total. The highest BCUT2D eigenvalue weighted by Crippen LogP contribution is 2.52. The van der Waals surface area contributed by atoms with Crippen molar-refractivity contribution >= 4 is 17.6 Å². The smallest absolute Gasteiger partial charge is 0.315 e. The standard InChI is InChI=1S/C18H26N4O2/c1-11-3-2-6-22(10-11)18(24)17(23)19-16-9-15(20-21-16)14-8-12-4-5-13(14)7-12/h9,11-14H,2-8,10H2,1H3,(H2,19,20,21,23). The summed E-state index contributed by atoms with van der Waals surface area (Å²) < 4.78 is 0. The van der Waals surface area contributed by atoms with Crippen molar-refractivity contribution in [2.24, 2.45) is 17.8 Å². The molecule has 1 aromatic rings. The molecule has 130 valence electrons. The molecule has 6 heteroatoms. The Bertz CT molecular complexity index is 641. The molecular weight excluding hydrogens is 304 g/mol. The summed E-state index contributed by atoms with van der Waals surface area (Å²) in [6.45, 7) is 3.46. The van der Waals surface area contributed by atoms with E-state index in [9.17, 15) is 9.59 Å². The van der Waals surface area contributed by atoms with Crippen LogP contribution in [0.15, 0.2) is 6.07 Å². The van der Waals surface area contributed by atoms with E-state index in [4.69, 9.17) is 0 Å². The molecular formula is C18H26N4O2. The van der Waals surface area contributed by atoms with Crippen molar-refractivity contribution in [2.45, 2.75) is 51.4 Å². The van der Waals surface area contributed by atoms with E-state index >= 15 is 0 Å². The number of amides is 2. The molecule has 2 bridgehead atoms. The van der Waals surface area contributed by atoms with Crippen molar-refractivity contribution in [3.05, 3.63) is 11.8 Å². The normalized spacial score (nSPS) is 32.1. The van der Waals surface area contributed by atoms with Crippen LogP contribution >= 0.6 is 0 Å². The Morgan fingerprint density at radius 3 is 2.88 bits per heavy atom. The lowest BCUT2D eigenvalue weighted by atomic mass is 9.86. The molecule has 4 rings (SSSR count). The first-order valence-corrected chi connectivity index (χ1v) is 9.25. The Morgan fingerprint density at radius 2 is 2.17 bits per heavy atom.